The third kappa shape index (κ3) is 2.30. The molecule has 1 amide bonds. The molecule has 86 valence electrons. The van der Waals surface area contributed by atoms with Crippen LogP contribution in [0.15, 0.2) is 18.2 Å². The lowest BCUT2D eigenvalue weighted by Gasteiger charge is -2.16. The van der Waals surface area contributed by atoms with E-state index >= 15 is 0 Å². The van der Waals surface area contributed by atoms with Gasteiger partial charge in [0.2, 0.25) is 0 Å². The molecule has 0 aliphatic carbocycles. The Bertz CT molecular complexity index is 424. The number of amides is 1. The summed E-state index contributed by atoms with van der Waals surface area (Å²) in [5, 5.41) is 0.145. The summed E-state index contributed by atoms with van der Waals surface area (Å²) in [4.78, 5) is 13.6. The maximum absolute atomic E-state index is 12.8. The molecule has 2 rings (SSSR count). The van der Waals surface area contributed by atoms with Gasteiger partial charge in [0.25, 0.3) is 5.91 Å². The van der Waals surface area contributed by atoms with Crippen molar-refractivity contribution in [3.63, 3.8) is 0 Å². The minimum Gasteiger partial charge on any atom is -0.337 e. The van der Waals surface area contributed by atoms with Crippen LogP contribution in [0.4, 0.5) is 4.39 Å². The molecular weight excluding hydrogens is 252 g/mol. The highest BCUT2D eigenvalue weighted by molar-refractivity contribution is 6.33. The van der Waals surface area contributed by atoms with E-state index < -0.39 is 5.82 Å². The highest BCUT2D eigenvalue weighted by atomic mass is 35.5. The molecule has 1 saturated heterocycles. The van der Waals surface area contributed by atoms with Crippen LogP contribution in [0.5, 0.6) is 0 Å². The van der Waals surface area contributed by atoms with E-state index in [1.54, 1.807) is 4.90 Å². The molecular formula is C11H10Cl2FNO. The Morgan fingerprint density at radius 3 is 2.81 bits per heavy atom. The van der Waals surface area contributed by atoms with E-state index in [2.05, 4.69) is 0 Å². The molecule has 1 unspecified atom stereocenters. The van der Waals surface area contributed by atoms with Crippen LogP contribution in [-0.4, -0.2) is 29.3 Å². The van der Waals surface area contributed by atoms with Gasteiger partial charge in [-0.1, -0.05) is 11.6 Å². The Hall–Kier alpha value is -0.800. The van der Waals surface area contributed by atoms with E-state index in [1.807, 2.05) is 0 Å². The van der Waals surface area contributed by atoms with Crippen LogP contribution in [0, 0.1) is 5.82 Å². The molecule has 0 saturated carbocycles. The quantitative estimate of drug-likeness (QED) is 0.712. The summed E-state index contributed by atoms with van der Waals surface area (Å²) in [7, 11) is 0. The summed E-state index contributed by atoms with van der Waals surface area (Å²) in [5.41, 5.74) is 0.328. The molecule has 0 bridgehead atoms. The number of likely N-dealkylation sites (tertiary alicyclic amines) is 1. The summed E-state index contributed by atoms with van der Waals surface area (Å²) in [6, 6.07) is 3.78. The highest BCUT2D eigenvalue weighted by Gasteiger charge is 2.26. The monoisotopic (exact) mass is 261 g/mol. The average Bonchev–Trinajstić information content (AvgIpc) is 2.64. The maximum atomic E-state index is 12.8. The van der Waals surface area contributed by atoms with Gasteiger partial charge >= 0.3 is 0 Å². The predicted octanol–water partition coefficient (Wildman–Crippen LogP) is 2.93. The first-order valence-corrected chi connectivity index (χ1v) is 5.78. The Balaban J connectivity index is 2.21. The zero-order valence-electron chi connectivity index (χ0n) is 8.42. The normalized spacial score (nSPS) is 20.2. The lowest BCUT2D eigenvalue weighted by Crippen LogP contribution is -2.29. The highest BCUT2D eigenvalue weighted by Crippen LogP contribution is 2.22. The molecule has 0 aromatic heterocycles. The fourth-order valence-corrected chi connectivity index (χ4v) is 2.25. The number of carbonyl (C=O) groups is 1. The molecule has 16 heavy (non-hydrogen) atoms. The third-order valence-corrected chi connectivity index (χ3v) is 3.25. The fourth-order valence-electron chi connectivity index (χ4n) is 1.74. The van der Waals surface area contributed by atoms with Gasteiger partial charge < -0.3 is 4.90 Å². The average molecular weight is 262 g/mol. The number of hydrogen-bond donors (Lipinski definition) is 0. The van der Waals surface area contributed by atoms with Crippen molar-refractivity contribution in [2.45, 2.75) is 11.8 Å². The molecule has 2 nitrogen and oxygen atoms in total. The van der Waals surface area contributed by atoms with E-state index in [1.165, 1.54) is 12.1 Å². The first-order valence-electron chi connectivity index (χ1n) is 4.96. The topological polar surface area (TPSA) is 20.3 Å². The number of alkyl halides is 1. The summed E-state index contributed by atoms with van der Waals surface area (Å²) in [6.45, 7) is 1.15. The molecule has 1 aromatic rings. The van der Waals surface area contributed by atoms with Crippen LogP contribution >= 0.6 is 23.2 Å². The van der Waals surface area contributed by atoms with Crippen LogP contribution in [0.25, 0.3) is 0 Å². The maximum Gasteiger partial charge on any atom is 0.255 e. The van der Waals surface area contributed by atoms with Gasteiger partial charge in [0.05, 0.1) is 16.0 Å². The van der Waals surface area contributed by atoms with Crippen LogP contribution in [0.1, 0.15) is 16.8 Å². The third-order valence-electron chi connectivity index (χ3n) is 2.58. The summed E-state index contributed by atoms with van der Waals surface area (Å²) >= 11 is 11.7. The minimum atomic E-state index is -0.446. The van der Waals surface area contributed by atoms with Crippen LogP contribution in [-0.2, 0) is 0 Å². The lowest BCUT2D eigenvalue weighted by atomic mass is 10.2. The van der Waals surface area contributed by atoms with Crippen molar-refractivity contribution in [2.24, 2.45) is 0 Å². The van der Waals surface area contributed by atoms with E-state index in [0.717, 1.165) is 12.5 Å². The molecule has 0 radical (unpaired) electrons. The number of benzene rings is 1. The van der Waals surface area contributed by atoms with Crippen LogP contribution in [0.3, 0.4) is 0 Å². The van der Waals surface area contributed by atoms with Crippen molar-refractivity contribution in [3.05, 3.63) is 34.6 Å². The second-order valence-electron chi connectivity index (χ2n) is 3.76. The SMILES string of the molecule is O=C(c1ccc(F)cc1Cl)N1CCC(Cl)C1. The molecule has 1 aliphatic rings. The van der Waals surface area contributed by atoms with Gasteiger partial charge in [-0.05, 0) is 24.6 Å². The molecule has 1 heterocycles. The van der Waals surface area contributed by atoms with Crippen molar-refractivity contribution < 1.29 is 9.18 Å². The van der Waals surface area contributed by atoms with Crippen LogP contribution < -0.4 is 0 Å². The Labute approximate surface area is 103 Å². The fraction of sp³-hybridized carbons (Fsp3) is 0.364. The molecule has 1 fully saturated rings. The molecule has 0 N–H and O–H groups in total. The van der Waals surface area contributed by atoms with E-state index in [9.17, 15) is 9.18 Å². The Morgan fingerprint density at radius 1 is 1.50 bits per heavy atom. The second kappa shape index (κ2) is 4.60. The number of hydrogen-bond acceptors (Lipinski definition) is 1. The van der Waals surface area contributed by atoms with E-state index in [0.29, 0.717) is 18.7 Å². The largest absolute Gasteiger partial charge is 0.337 e. The van der Waals surface area contributed by atoms with Gasteiger partial charge in [-0.25, -0.2) is 4.39 Å². The lowest BCUT2D eigenvalue weighted by molar-refractivity contribution is 0.0793. The Kier molecular flexibility index (Phi) is 3.36. The molecule has 5 heteroatoms. The van der Waals surface area contributed by atoms with Crippen molar-refractivity contribution in [3.8, 4) is 0 Å². The minimum absolute atomic E-state index is 0.00294. The Morgan fingerprint density at radius 2 is 2.25 bits per heavy atom. The van der Waals surface area contributed by atoms with Gasteiger partial charge in [-0.15, -0.1) is 11.6 Å². The number of nitrogens with zero attached hydrogens (tertiary/aromatic N) is 1. The molecule has 1 aromatic carbocycles. The zero-order valence-corrected chi connectivity index (χ0v) is 9.93. The van der Waals surface area contributed by atoms with Gasteiger partial charge in [0.15, 0.2) is 0 Å². The van der Waals surface area contributed by atoms with Gasteiger partial charge in [-0.3, -0.25) is 4.79 Å². The first kappa shape index (κ1) is 11.7. The molecule has 0 spiro atoms. The summed E-state index contributed by atoms with van der Waals surface area (Å²) in [5.74, 6) is -0.633. The number of rotatable bonds is 1. The van der Waals surface area contributed by atoms with Crippen molar-refractivity contribution in [1.82, 2.24) is 4.90 Å². The van der Waals surface area contributed by atoms with Crippen LogP contribution in [0.2, 0.25) is 5.02 Å². The van der Waals surface area contributed by atoms with E-state index in [-0.39, 0.29) is 16.3 Å². The summed E-state index contributed by atoms with van der Waals surface area (Å²) < 4.78 is 12.8. The van der Waals surface area contributed by atoms with Gasteiger partial charge in [0, 0.05) is 13.1 Å². The smallest absolute Gasteiger partial charge is 0.255 e. The summed E-state index contributed by atoms with van der Waals surface area (Å²) in [6.07, 6.45) is 0.784. The number of carbonyl (C=O) groups excluding carboxylic acids is 1. The van der Waals surface area contributed by atoms with E-state index in [4.69, 9.17) is 23.2 Å². The molecule has 1 aliphatic heterocycles. The second-order valence-corrected chi connectivity index (χ2v) is 4.79. The van der Waals surface area contributed by atoms with Crippen molar-refractivity contribution in [1.29, 1.82) is 0 Å². The molecule has 1 atom stereocenters. The van der Waals surface area contributed by atoms with Gasteiger partial charge in [-0.2, -0.15) is 0 Å². The number of halogens is 3. The predicted molar refractivity (Wildman–Crippen MR) is 61.6 cm³/mol. The zero-order chi connectivity index (χ0) is 11.7. The first-order chi connectivity index (χ1) is 7.58. The van der Waals surface area contributed by atoms with Crippen molar-refractivity contribution >= 4 is 29.1 Å². The standard InChI is InChI=1S/C11H10Cl2FNO/c12-7-3-4-15(6-7)11(16)9-2-1-8(14)5-10(9)13/h1-2,5,7H,3-4,6H2. The van der Waals surface area contributed by atoms with Crippen molar-refractivity contribution in [2.75, 3.05) is 13.1 Å². The van der Waals surface area contributed by atoms with Gasteiger partial charge in [0.1, 0.15) is 5.82 Å².